The predicted octanol–water partition coefficient (Wildman–Crippen LogP) is 3.92. The van der Waals surface area contributed by atoms with Crippen molar-refractivity contribution < 1.29 is 4.52 Å². The average molecular weight is 251 g/mol. The molecule has 0 saturated carbocycles. The lowest BCUT2D eigenvalue weighted by Gasteiger charge is -2.02. The fourth-order valence-corrected chi connectivity index (χ4v) is 1.99. The Balaban J connectivity index is 2.39. The van der Waals surface area contributed by atoms with Gasteiger partial charge in [0.2, 0.25) is 0 Å². The number of aryl methyl sites for hydroxylation is 1. The quantitative estimate of drug-likeness (QED) is 0.895. The van der Waals surface area contributed by atoms with Crippen molar-refractivity contribution in [3.8, 4) is 11.1 Å². The maximum absolute atomic E-state index is 5.98. The number of hydrogen-bond acceptors (Lipinski definition) is 3. The second kappa shape index (κ2) is 5.23. The Hall–Kier alpha value is -1.48. The summed E-state index contributed by atoms with van der Waals surface area (Å²) in [5.41, 5.74) is 7.68. The zero-order valence-electron chi connectivity index (χ0n) is 9.74. The number of halogens is 1. The van der Waals surface area contributed by atoms with E-state index >= 15 is 0 Å². The molecule has 2 N–H and O–H groups in total. The van der Waals surface area contributed by atoms with Gasteiger partial charge in [0.05, 0.1) is 5.56 Å². The monoisotopic (exact) mass is 250 g/mol. The molecule has 0 aliphatic rings. The molecule has 2 rings (SSSR count). The minimum atomic E-state index is 0.429. The first-order chi connectivity index (χ1) is 8.22. The van der Waals surface area contributed by atoms with Crippen molar-refractivity contribution in [1.82, 2.24) is 5.16 Å². The highest BCUT2D eigenvalue weighted by Gasteiger charge is 2.15. The van der Waals surface area contributed by atoms with Crippen LogP contribution in [0.4, 0.5) is 5.82 Å². The van der Waals surface area contributed by atoms with Gasteiger partial charge in [-0.15, -0.1) is 0 Å². The highest BCUT2D eigenvalue weighted by atomic mass is 35.5. The third kappa shape index (κ3) is 2.61. The Morgan fingerprint density at radius 1 is 1.41 bits per heavy atom. The molecule has 0 bridgehead atoms. The number of nitrogens with zero attached hydrogens (tertiary/aromatic N) is 1. The Morgan fingerprint density at radius 3 is 2.94 bits per heavy atom. The molecule has 0 fully saturated rings. The van der Waals surface area contributed by atoms with Crippen LogP contribution in [-0.2, 0) is 6.42 Å². The van der Waals surface area contributed by atoms with Gasteiger partial charge in [-0.25, -0.2) is 0 Å². The molecule has 0 aliphatic heterocycles. The van der Waals surface area contributed by atoms with Gasteiger partial charge >= 0.3 is 0 Å². The second-order valence-corrected chi connectivity index (χ2v) is 4.42. The van der Waals surface area contributed by atoms with Crippen molar-refractivity contribution >= 4 is 17.4 Å². The summed E-state index contributed by atoms with van der Waals surface area (Å²) in [6.45, 7) is 2.14. The molecule has 2 aromatic rings. The summed E-state index contributed by atoms with van der Waals surface area (Å²) < 4.78 is 5.27. The number of unbranched alkanes of at least 4 members (excludes halogenated alkanes) is 1. The molecular formula is C13H15ClN2O. The van der Waals surface area contributed by atoms with E-state index in [0.29, 0.717) is 10.8 Å². The first-order valence-corrected chi connectivity index (χ1v) is 6.10. The van der Waals surface area contributed by atoms with Gasteiger partial charge in [-0.1, -0.05) is 42.2 Å². The summed E-state index contributed by atoms with van der Waals surface area (Å²) in [7, 11) is 0. The minimum Gasteiger partial charge on any atom is -0.380 e. The Morgan fingerprint density at radius 2 is 2.24 bits per heavy atom. The third-order valence-electron chi connectivity index (χ3n) is 2.66. The van der Waals surface area contributed by atoms with Crippen LogP contribution < -0.4 is 5.73 Å². The van der Waals surface area contributed by atoms with E-state index in [-0.39, 0.29) is 0 Å². The predicted molar refractivity (Wildman–Crippen MR) is 70.0 cm³/mol. The van der Waals surface area contributed by atoms with Crippen LogP contribution in [0.5, 0.6) is 0 Å². The first kappa shape index (κ1) is 12.0. The van der Waals surface area contributed by atoms with Gasteiger partial charge in [-0.3, -0.25) is 0 Å². The topological polar surface area (TPSA) is 52.0 Å². The molecule has 1 heterocycles. The maximum atomic E-state index is 5.98. The van der Waals surface area contributed by atoms with Crippen LogP contribution in [0.1, 0.15) is 25.5 Å². The van der Waals surface area contributed by atoms with Crippen molar-refractivity contribution in [2.24, 2.45) is 0 Å². The van der Waals surface area contributed by atoms with Crippen LogP contribution in [-0.4, -0.2) is 5.16 Å². The molecule has 0 unspecified atom stereocenters. The summed E-state index contributed by atoms with van der Waals surface area (Å²) in [5, 5.41) is 4.52. The Labute approximate surface area is 106 Å². The summed E-state index contributed by atoms with van der Waals surface area (Å²) in [5.74, 6) is 1.27. The zero-order chi connectivity index (χ0) is 12.3. The number of anilines is 1. The van der Waals surface area contributed by atoms with Crippen LogP contribution in [0.15, 0.2) is 28.8 Å². The lowest BCUT2D eigenvalue weighted by Crippen LogP contribution is -1.91. The van der Waals surface area contributed by atoms with Gasteiger partial charge in [-0.2, -0.15) is 0 Å². The van der Waals surface area contributed by atoms with Gasteiger partial charge in [-0.05, 0) is 24.1 Å². The first-order valence-electron chi connectivity index (χ1n) is 5.72. The summed E-state index contributed by atoms with van der Waals surface area (Å²) in [6, 6.07) is 7.57. The van der Waals surface area contributed by atoms with Crippen LogP contribution >= 0.6 is 11.6 Å². The fraction of sp³-hybridized carbons (Fsp3) is 0.308. The van der Waals surface area contributed by atoms with E-state index in [2.05, 4.69) is 12.1 Å². The van der Waals surface area contributed by atoms with Gasteiger partial charge in [0, 0.05) is 11.4 Å². The average Bonchev–Trinajstić information content (AvgIpc) is 2.68. The zero-order valence-corrected chi connectivity index (χ0v) is 10.5. The SMILES string of the molecule is CCCCc1onc(N)c1-c1cccc(Cl)c1. The molecule has 0 saturated heterocycles. The van der Waals surface area contributed by atoms with Crippen molar-refractivity contribution in [2.45, 2.75) is 26.2 Å². The molecule has 4 heteroatoms. The molecular weight excluding hydrogens is 236 g/mol. The molecule has 0 atom stereocenters. The van der Waals surface area contributed by atoms with Crippen LogP contribution in [0, 0.1) is 0 Å². The van der Waals surface area contributed by atoms with E-state index in [4.69, 9.17) is 21.9 Å². The summed E-state index contributed by atoms with van der Waals surface area (Å²) >= 11 is 5.98. The maximum Gasteiger partial charge on any atom is 0.175 e. The molecule has 0 spiro atoms. The number of aromatic nitrogens is 1. The van der Waals surface area contributed by atoms with Gasteiger partial charge in [0.1, 0.15) is 5.76 Å². The third-order valence-corrected chi connectivity index (χ3v) is 2.89. The van der Waals surface area contributed by atoms with Crippen molar-refractivity contribution in [3.05, 3.63) is 35.0 Å². The number of nitrogens with two attached hydrogens (primary N) is 1. The van der Waals surface area contributed by atoms with Crippen LogP contribution in [0.3, 0.4) is 0 Å². The van der Waals surface area contributed by atoms with Crippen LogP contribution in [0.25, 0.3) is 11.1 Å². The molecule has 90 valence electrons. The van der Waals surface area contributed by atoms with Gasteiger partial charge in [0.25, 0.3) is 0 Å². The van der Waals surface area contributed by atoms with Crippen molar-refractivity contribution in [3.63, 3.8) is 0 Å². The molecule has 0 aliphatic carbocycles. The van der Waals surface area contributed by atoms with Crippen molar-refractivity contribution in [1.29, 1.82) is 0 Å². The van der Waals surface area contributed by atoms with Gasteiger partial charge in [0.15, 0.2) is 5.82 Å². The molecule has 0 amide bonds. The Kier molecular flexibility index (Phi) is 3.69. The summed E-state index contributed by atoms with van der Waals surface area (Å²) in [6.07, 6.45) is 3.01. The molecule has 1 aromatic heterocycles. The van der Waals surface area contributed by atoms with E-state index in [1.165, 1.54) is 0 Å². The fourth-order valence-electron chi connectivity index (χ4n) is 1.80. The largest absolute Gasteiger partial charge is 0.380 e. The number of rotatable bonds is 4. The van der Waals surface area contributed by atoms with Gasteiger partial charge < -0.3 is 10.3 Å². The van der Waals surface area contributed by atoms with E-state index in [1.807, 2.05) is 24.3 Å². The van der Waals surface area contributed by atoms with Crippen molar-refractivity contribution in [2.75, 3.05) is 5.73 Å². The smallest absolute Gasteiger partial charge is 0.175 e. The molecule has 1 aromatic carbocycles. The lowest BCUT2D eigenvalue weighted by molar-refractivity contribution is 0.383. The molecule has 3 nitrogen and oxygen atoms in total. The molecule has 0 radical (unpaired) electrons. The lowest BCUT2D eigenvalue weighted by atomic mass is 10.0. The van der Waals surface area contributed by atoms with E-state index in [1.54, 1.807) is 0 Å². The highest BCUT2D eigenvalue weighted by Crippen LogP contribution is 2.31. The molecule has 17 heavy (non-hydrogen) atoms. The number of nitrogen functional groups attached to an aromatic ring is 1. The van der Waals surface area contributed by atoms with E-state index in [9.17, 15) is 0 Å². The van der Waals surface area contributed by atoms with E-state index < -0.39 is 0 Å². The highest BCUT2D eigenvalue weighted by molar-refractivity contribution is 6.30. The standard InChI is InChI=1S/C13H15ClN2O/c1-2-3-7-11-12(13(15)16-17-11)9-5-4-6-10(14)8-9/h4-6,8H,2-3,7H2,1H3,(H2,15,16). The van der Waals surface area contributed by atoms with E-state index in [0.717, 1.165) is 36.1 Å². The normalized spacial score (nSPS) is 10.7. The van der Waals surface area contributed by atoms with Crippen LogP contribution in [0.2, 0.25) is 5.02 Å². The number of hydrogen-bond donors (Lipinski definition) is 1. The second-order valence-electron chi connectivity index (χ2n) is 3.98. The Bertz CT molecular complexity index is 508. The minimum absolute atomic E-state index is 0.429. The summed E-state index contributed by atoms with van der Waals surface area (Å²) in [4.78, 5) is 0. The number of benzene rings is 1.